The number of aryl methyl sites for hydroxylation is 2. The van der Waals surface area contributed by atoms with Gasteiger partial charge in [-0.1, -0.05) is 24.9 Å². The number of aromatic nitrogens is 4. The summed E-state index contributed by atoms with van der Waals surface area (Å²) in [6.45, 7) is 5.78. The molecular formula is C22H27ClN6O3S. The number of nitrogens with one attached hydrogen (secondary N) is 1. The van der Waals surface area contributed by atoms with E-state index >= 15 is 0 Å². The van der Waals surface area contributed by atoms with E-state index < -0.39 is 10.0 Å². The monoisotopic (exact) mass is 490 g/mol. The first-order chi connectivity index (χ1) is 15.8. The zero-order valence-electron chi connectivity index (χ0n) is 18.7. The van der Waals surface area contributed by atoms with Crippen LogP contribution in [0.4, 0.5) is 0 Å². The second-order valence-electron chi connectivity index (χ2n) is 7.98. The summed E-state index contributed by atoms with van der Waals surface area (Å²) in [5.41, 5.74) is 2.03. The Hall–Kier alpha value is -2.69. The molecule has 3 aromatic heterocycles. The Labute approximate surface area is 198 Å². The zero-order valence-corrected chi connectivity index (χ0v) is 20.2. The fourth-order valence-corrected chi connectivity index (χ4v) is 5.80. The van der Waals surface area contributed by atoms with Gasteiger partial charge in [-0.25, -0.2) is 13.4 Å². The number of aromatic amines is 1. The van der Waals surface area contributed by atoms with E-state index in [2.05, 4.69) is 22.0 Å². The highest BCUT2D eigenvalue weighted by Gasteiger charge is 2.31. The molecule has 0 spiro atoms. The van der Waals surface area contributed by atoms with Crippen molar-refractivity contribution in [2.45, 2.75) is 38.1 Å². The van der Waals surface area contributed by atoms with Crippen LogP contribution in [0.5, 0.6) is 0 Å². The Morgan fingerprint density at radius 3 is 2.76 bits per heavy atom. The fraction of sp³-hybridized carbons (Fsp3) is 0.409. The van der Waals surface area contributed by atoms with Gasteiger partial charge in [-0.3, -0.25) is 9.48 Å². The number of sulfonamides is 1. The third-order valence-electron chi connectivity index (χ3n) is 5.81. The van der Waals surface area contributed by atoms with Gasteiger partial charge in [0.1, 0.15) is 15.7 Å². The van der Waals surface area contributed by atoms with Crippen molar-refractivity contribution in [1.29, 1.82) is 0 Å². The van der Waals surface area contributed by atoms with Crippen LogP contribution in [0.25, 0.3) is 17.1 Å². The molecule has 4 rings (SSSR count). The molecule has 9 nitrogen and oxygen atoms in total. The fourth-order valence-electron chi connectivity index (χ4n) is 3.90. The number of unbranched alkanes of at least 4 members (excludes halogenated alkanes) is 1. The summed E-state index contributed by atoms with van der Waals surface area (Å²) in [6, 6.07) is 3.44. The Bertz CT molecular complexity index is 1290. The molecule has 1 N–H and O–H groups in total. The van der Waals surface area contributed by atoms with E-state index in [0.717, 1.165) is 30.6 Å². The lowest BCUT2D eigenvalue weighted by atomic mass is 10.2. The van der Waals surface area contributed by atoms with E-state index in [1.807, 2.05) is 6.92 Å². The van der Waals surface area contributed by atoms with Crippen molar-refractivity contribution in [3.63, 3.8) is 0 Å². The van der Waals surface area contributed by atoms with Gasteiger partial charge in [-0.2, -0.15) is 9.40 Å². The van der Waals surface area contributed by atoms with Crippen molar-refractivity contribution >= 4 is 44.6 Å². The number of amides is 1. The minimum Gasteiger partial charge on any atom is -0.345 e. The number of hydrogen-bond acceptors (Lipinski definition) is 5. The summed E-state index contributed by atoms with van der Waals surface area (Å²) in [7, 11) is -3.69. The molecule has 0 radical (unpaired) electrons. The highest BCUT2D eigenvalue weighted by atomic mass is 35.5. The number of nitrogens with zero attached hydrogens (tertiary/aromatic N) is 5. The Morgan fingerprint density at radius 2 is 2.03 bits per heavy atom. The number of carbonyl (C=O) groups excluding carboxylic acids is 1. The van der Waals surface area contributed by atoms with Crippen LogP contribution in [0.1, 0.15) is 31.0 Å². The number of hydrogen-bond donors (Lipinski definition) is 1. The predicted octanol–water partition coefficient (Wildman–Crippen LogP) is 3.07. The van der Waals surface area contributed by atoms with Crippen molar-refractivity contribution < 1.29 is 13.2 Å². The number of piperazine rings is 1. The van der Waals surface area contributed by atoms with Crippen molar-refractivity contribution in [3.05, 3.63) is 47.0 Å². The maximum Gasteiger partial charge on any atom is 0.246 e. The van der Waals surface area contributed by atoms with Gasteiger partial charge in [0.2, 0.25) is 15.9 Å². The van der Waals surface area contributed by atoms with Crippen LogP contribution in [-0.4, -0.2) is 69.5 Å². The van der Waals surface area contributed by atoms with Gasteiger partial charge in [0.15, 0.2) is 0 Å². The van der Waals surface area contributed by atoms with Crippen LogP contribution in [0.15, 0.2) is 35.5 Å². The minimum atomic E-state index is -3.69. The lowest BCUT2D eigenvalue weighted by Crippen LogP contribution is -2.50. The Balaban J connectivity index is 1.41. The topological polar surface area (TPSA) is 104 Å². The van der Waals surface area contributed by atoms with Crippen LogP contribution < -0.4 is 0 Å². The van der Waals surface area contributed by atoms with Crippen LogP contribution in [0, 0.1) is 6.92 Å². The van der Waals surface area contributed by atoms with Crippen LogP contribution >= 0.6 is 11.6 Å². The predicted molar refractivity (Wildman–Crippen MR) is 127 cm³/mol. The van der Waals surface area contributed by atoms with E-state index in [9.17, 15) is 13.2 Å². The van der Waals surface area contributed by atoms with Gasteiger partial charge in [0.25, 0.3) is 0 Å². The molecule has 1 saturated heterocycles. The van der Waals surface area contributed by atoms with Crippen molar-refractivity contribution in [3.8, 4) is 0 Å². The first-order valence-corrected chi connectivity index (χ1v) is 12.8. The van der Waals surface area contributed by atoms with E-state index in [1.165, 1.54) is 16.6 Å². The standard InChI is InChI=1S/C22H27ClN6O3S/c1-3-4-10-29-21(23)17(16(2)26-29)7-8-20(30)27-11-13-28(14-12-27)33(31,32)19-15-25-22-18(19)6-5-9-24-22/h5-9,15H,3-4,10-14H2,1-2H3,(H,24,25)/b8-7+. The first kappa shape index (κ1) is 23.5. The number of carbonyl (C=O) groups is 1. The summed E-state index contributed by atoms with van der Waals surface area (Å²) in [4.78, 5) is 21.6. The summed E-state index contributed by atoms with van der Waals surface area (Å²) < 4.78 is 29.4. The van der Waals surface area contributed by atoms with Crippen LogP contribution in [-0.2, 0) is 21.4 Å². The molecule has 1 aliphatic rings. The molecule has 1 amide bonds. The lowest BCUT2D eigenvalue weighted by molar-refractivity contribution is -0.127. The third-order valence-corrected chi connectivity index (χ3v) is 8.14. The number of pyridine rings is 1. The maximum absolute atomic E-state index is 13.1. The normalized spacial score (nSPS) is 15.7. The summed E-state index contributed by atoms with van der Waals surface area (Å²) in [5.74, 6) is -0.180. The van der Waals surface area contributed by atoms with E-state index in [4.69, 9.17) is 11.6 Å². The Morgan fingerprint density at radius 1 is 1.27 bits per heavy atom. The van der Waals surface area contributed by atoms with Crippen molar-refractivity contribution in [1.82, 2.24) is 29.0 Å². The lowest BCUT2D eigenvalue weighted by Gasteiger charge is -2.33. The van der Waals surface area contributed by atoms with E-state index in [0.29, 0.717) is 29.3 Å². The average Bonchev–Trinajstić information content (AvgIpc) is 3.37. The molecule has 4 heterocycles. The molecule has 11 heteroatoms. The number of fused-ring (bicyclic) bond motifs is 1. The molecular weight excluding hydrogens is 464 g/mol. The summed E-state index contributed by atoms with van der Waals surface area (Å²) in [6.07, 6.45) is 8.27. The number of H-pyrrole nitrogens is 1. The zero-order chi connectivity index (χ0) is 23.6. The molecule has 0 unspecified atom stereocenters. The smallest absolute Gasteiger partial charge is 0.246 e. The number of rotatable bonds is 7. The van der Waals surface area contributed by atoms with Gasteiger partial charge < -0.3 is 9.88 Å². The quantitative estimate of drug-likeness (QED) is 0.512. The molecule has 176 valence electrons. The molecule has 0 atom stereocenters. The van der Waals surface area contributed by atoms with Gasteiger partial charge in [-0.05, 0) is 31.6 Å². The third kappa shape index (κ3) is 4.68. The van der Waals surface area contributed by atoms with Crippen molar-refractivity contribution in [2.75, 3.05) is 26.2 Å². The highest BCUT2D eigenvalue weighted by molar-refractivity contribution is 7.89. The van der Waals surface area contributed by atoms with Gasteiger partial charge in [0, 0.05) is 62.1 Å². The van der Waals surface area contributed by atoms with Crippen LogP contribution in [0.2, 0.25) is 5.15 Å². The highest BCUT2D eigenvalue weighted by Crippen LogP contribution is 2.25. The molecule has 3 aromatic rings. The second-order valence-corrected chi connectivity index (χ2v) is 10.2. The second kappa shape index (κ2) is 9.66. The van der Waals surface area contributed by atoms with E-state index in [1.54, 1.807) is 34.0 Å². The molecule has 0 bridgehead atoms. The average molecular weight is 491 g/mol. The maximum atomic E-state index is 13.1. The van der Waals surface area contributed by atoms with Gasteiger partial charge in [0.05, 0.1) is 5.69 Å². The van der Waals surface area contributed by atoms with Gasteiger partial charge in [-0.15, -0.1) is 0 Å². The van der Waals surface area contributed by atoms with Gasteiger partial charge >= 0.3 is 0 Å². The first-order valence-electron chi connectivity index (χ1n) is 10.9. The summed E-state index contributed by atoms with van der Waals surface area (Å²) in [5, 5.41) is 5.53. The van der Waals surface area contributed by atoms with Crippen molar-refractivity contribution in [2.24, 2.45) is 0 Å². The summed E-state index contributed by atoms with van der Waals surface area (Å²) >= 11 is 6.44. The molecule has 0 aliphatic carbocycles. The van der Waals surface area contributed by atoms with Crippen LogP contribution in [0.3, 0.4) is 0 Å². The Kier molecular flexibility index (Phi) is 6.87. The molecule has 1 aliphatic heterocycles. The minimum absolute atomic E-state index is 0.180. The SMILES string of the molecule is CCCCn1nc(C)c(/C=C/C(=O)N2CCN(S(=O)(=O)c3c[nH]c4ncccc34)CC2)c1Cl. The molecule has 0 aromatic carbocycles. The molecule has 1 fully saturated rings. The number of halogens is 1. The largest absolute Gasteiger partial charge is 0.345 e. The molecule has 33 heavy (non-hydrogen) atoms. The van der Waals surface area contributed by atoms with E-state index in [-0.39, 0.29) is 23.9 Å². The molecule has 0 saturated carbocycles.